The molecule has 0 saturated heterocycles. The number of hydrogen-bond acceptors (Lipinski definition) is 0. The van der Waals surface area contributed by atoms with Gasteiger partial charge in [-0.1, -0.05) is 13.0 Å². The van der Waals surface area contributed by atoms with Gasteiger partial charge in [0, 0.05) is 0 Å². The van der Waals surface area contributed by atoms with Crippen molar-refractivity contribution in [1.29, 1.82) is 0 Å². The fraction of sp³-hybridized carbons (Fsp3) is 0.500. The second-order valence-electron chi connectivity index (χ2n) is 1.17. The smallest absolute Gasteiger partial charge is 1.00 e. The van der Waals surface area contributed by atoms with Crippen LogP contribution in [0.5, 0.6) is 0 Å². The van der Waals surface area contributed by atoms with E-state index in [0.29, 0.717) is 0 Å². The number of rotatable bonds is 2. The first kappa shape index (κ1) is 15.9. The molecule has 0 aromatic carbocycles. The zero-order valence-corrected chi connectivity index (χ0v) is 7.53. The van der Waals surface area contributed by atoms with Crippen LogP contribution < -0.4 is 12.4 Å². The van der Waals surface area contributed by atoms with Crippen molar-refractivity contribution < 1.29 is 12.4 Å². The van der Waals surface area contributed by atoms with Crippen molar-refractivity contribution in [3.8, 4) is 0 Å². The molecule has 44 valence electrons. The third-order valence-electron chi connectivity index (χ3n) is 0.569. The summed E-state index contributed by atoms with van der Waals surface area (Å²) >= 11 is 0. The van der Waals surface area contributed by atoms with E-state index in [0.717, 1.165) is 12.8 Å². The molecular weight excluding hydrogens is 132 g/mol. The average Bonchev–Trinajstić information content (AvgIpc) is 1.61. The van der Waals surface area contributed by atoms with Crippen molar-refractivity contribution in [1.82, 2.24) is 0 Å². The van der Waals surface area contributed by atoms with Crippen LogP contribution in [0.4, 0.5) is 0 Å². The summed E-state index contributed by atoms with van der Waals surface area (Å²) in [5.74, 6) is 0. The Labute approximate surface area is 74.3 Å². The maximum atomic E-state index is 3.64. The number of hydrogen-bond donors (Lipinski definition) is 0. The average molecular weight is 143 g/mol. The molecule has 0 nitrogen and oxygen atoms in total. The molecular formula is C6H11ClMg. The zero-order valence-electron chi connectivity index (χ0n) is 5.36. The topological polar surface area (TPSA) is 0 Å². The molecule has 0 rings (SSSR count). The van der Waals surface area contributed by atoms with Crippen LogP contribution in [0, 0.1) is 6.92 Å². The Morgan fingerprint density at radius 1 is 1.38 bits per heavy atom. The molecule has 0 amide bonds. The van der Waals surface area contributed by atoms with E-state index in [1.54, 1.807) is 0 Å². The van der Waals surface area contributed by atoms with Crippen LogP contribution in [0.25, 0.3) is 0 Å². The van der Waals surface area contributed by atoms with Gasteiger partial charge in [-0.15, -0.1) is 6.08 Å². The predicted octanol–water partition coefficient (Wildman–Crippen LogP) is -1.20. The summed E-state index contributed by atoms with van der Waals surface area (Å²) in [6.07, 6.45) is 6.25. The molecule has 0 aliphatic carbocycles. The van der Waals surface area contributed by atoms with E-state index in [4.69, 9.17) is 0 Å². The van der Waals surface area contributed by atoms with E-state index < -0.39 is 0 Å². The standard InChI is InChI=1S/C6H11.ClH.Mg/c1-3-5-6-4-2;;/h5-6H,1,3-4H2,2H3;1H;/q-1;;+2/p-1/b6-5-;;. The second-order valence-corrected chi connectivity index (χ2v) is 1.17. The van der Waals surface area contributed by atoms with Crippen molar-refractivity contribution >= 4 is 23.1 Å². The molecule has 0 aromatic rings. The van der Waals surface area contributed by atoms with E-state index in [-0.39, 0.29) is 35.5 Å². The van der Waals surface area contributed by atoms with Gasteiger partial charge in [-0.25, -0.2) is 0 Å². The Kier molecular flexibility index (Phi) is 31.1. The minimum Gasteiger partial charge on any atom is -1.00 e. The van der Waals surface area contributed by atoms with Gasteiger partial charge in [0.2, 0.25) is 0 Å². The molecule has 0 bridgehead atoms. The van der Waals surface area contributed by atoms with Crippen molar-refractivity contribution in [2.24, 2.45) is 0 Å². The summed E-state index contributed by atoms with van der Waals surface area (Å²) in [5.41, 5.74) is 0. The van der Waals surface area contributed by atoms with Crippen molar-refractivity contribution in [3.05, 3.63) is 19.1 Å². The fourth-order valence-electron chi connectivity index (χ4n) is 0.285. The maximum Gasteiger partial charge on any atom is 2.00 e. The molecule has 0 unspecified atom stereocenters. The first-order valence-electron chi connectivity index (χ1n) is 2.36. The van der Waals surface area contributed by atoms with Gasteiger partial charge in [-0.2, -0.15) is 6.42 Å². The van der Waals surface area contributed by atoms with E-state index in [2.05, 4.69) is 26.0 Å². The maximum absolute atomic E-state index is 3.64. The Hall–Kier alpha value is 0.796. The van der Waals surface area contributed by atoms with Crippen LogP contribution in [-0.4, -0.2) is 23.1 Å². The second kappa shape index (κ2) is 15.7. The predicted molar refractivity (Wildman–Crippen MR) is 35.2 cm³/mol. The molecule has 0 heterocycles. The first-order chi connectivity index (χ1) is 2.91. The van der Waals surface area contributed by atoms with Crippen LogP contribution >= 0.6 is 0 Å². The van der Waals surface area contributed by atoms with Gasteiger partial charge >= 0.3 is 23.1 Å². The van der Waals surface area contributed by atoms with Crippen molar-refractivity contribution in [3.63, 3.8) is 0 Å². The Bertz CT molecular complexity index is 37.8. The SMILES string of the molecule is [CH2-]C/C=C\CC.[Cl-].[Mg+2]. The molecule has 0 aromatic heterocycles. The fourth-order valence-corrected chi connectivity index (χ4v) is 0.285. The van der Waals surface area contributed by atoms with Gasteiger partial charge in [-0.05, 0) is 6.42 Å². The van der Waals surface area contributed by atoms with Crippen molar-refractivity contribution in [2.45, 2.75) is 19.8 Å². The molecule has 0 radical (unpaired) electrons. The van der Waals surface area contributed by atoms with Crippen LogP contribution in [-0.2, 0) is 0 Å². The Morgan fingerprint density at radius 3 is 2.00 bits per heavy atom. The van der Waals surface area contributed by atoms with Crippen LogP contribution in [0.15, 0.2) is 12.2 Å². The minimum absolute atomic E-state index is 0. The Balaban J connectivity index is -0.000000125. The third-order valence-corrected chi connectivity index (χ3v) is 0.569. The largest absolute Gasteiger partial charge is 2.00 e. The molecule has 2 heteroatoms. The van der Waals surface area contributed by atoms with Gasteiger partial charge in [0.1, 0.15) is 0 Å². The van der Waals surface area contributed by atoms with Gasteiger partial charge < -0.3 is 19.3 Å². The van der Waals surface area contributed by atoms with Gasteiger partial charge in [0.15, 0.2) is 0 Å². The van der Waals surface area contributed by atoms with Crippen LogP contribution in [0.2, 0.25) is 0 Å². The monoisotopic (exact) mass is 142 g/mol. The van der Waals surface area contributed by atoms with Gasteiger partial charge in [0.25, 0.3) is 0 Å². The summed E-state index contributed by atoms with van der Waals surface area (Å²) in [7, 11) is 0. The number of halogens is 1. The van der Waals surface area contributed by atoms with Gasteiger partial charge in [-0.3, -0.25) is 0 Å². The van der Waals surface area contributed by atoms with Crippen LogP contribution in [0.1, 0.15) is 19.8 Å². The minimum atomic E-state index is 0. The van der Waals surface area contributed by atoms with Crippen molar-refractivity contribution in [2.75, 3.05) is 0 Å². The first-order valence-corrected chi connectivity index (χ1v) is 2.36. The molecule has 0 aliphatic heterocycles. The van der Waals surface area contributed by atoms with E-state index in [9.17, 15) is 0 Å². The Morgan fingerprint density at radius 2 is 1.88 bits per heavy atom. The van der Waals surface area contributed by atoms with Crippen LogP contribution in [0.3, 0.4) is 0 Å². The molecule has 8 heavy (non-hydrogen) atoms. The zero-order chi connectivity index (χ0) is 4.83. The molecule has 0 atom stereocenters. The van der Waals surface area contributed by atoms with E-state index in [1.807, 2.05) is 0 Å². The molecule has 0 N–H and O–H groups in total. The van der Waals surface area contributed by atoms with E-state index >= 15 is 0 Å². The summed E-state index contributed by atoms with van der Waals surface area (Å²) in [5, 5.41) is 0. The summed E-state index contributed by atoms with van der Waals surface area (Å²) < 4.78 is 0. The molecule has 0 spiro atoms. The van der Waals surface area contributed by atoms with E-state index in [1.165, 1.54) is 0 Å². The summed E-state index contributed by atoms with van der Waals surface area (Å²) in [6, 6.07) is 0. The molecule has 0 aliphatic rings. The molecule has 0 fully saturated rings. The summed E-state index contributed by atoms with van der Waals surface area (Å²) in [6.45, 7) is 5.75. The normalized spacial score (nSPS) is 7.75. The third kappa shape index (κ3) is 15.8. The molecule has 0 saturated carbocycles. The van der Waals surface area contributed by atoms with Gasteiger partial charge in [0.05, 0.1) is 0 Å². The quantitative estimate of drug-likeness (QED) is 0.258. The number of allylic oxidation sites excluding steroid dienone is 2. The summed E-state index contributed by atoms with van der Waals surface area (Å²) in [4.78, 5) is 0.